The molecule has 0 aromatic rings. The van der Waals surface area contributed by atoms with Crippen molar-refractivity contribution in [1.82, 2.24) is 0 Å². The molecular weight excluding hydrogens is 200 g/mol. The molecule has 0 aromatic heterocycles. The number of hydrogen-bond donors (Lipinski definition) is 1. The summed E-state index contributed by atoms with van der Waals surface area (Å²) < 4.78 is 5.40. The van der Waals surface area contributed by atoms with Crippen LogP contribution in [-0.2, 0) is 4.74 Å². The minimum Gasteiger partial charge on any atom is -0.389 e. The quantitative estimate of drug-likeness (QED) is 0.777. The van der Waals surface area contributed by atoms with Gasteiger partial charge in [0.25, 0.3) is 0 Å². The van der Waals surface area contributed by atoms with E-state index in [-0.39, 0.29) is 18.1 Å². The van der Waals surface area contributed by atoms with Crippen molar-refractivity contribution in [2.45, 2.75) is 52.2 Å². The highest BCUT2D eigenvalue weighted by atomic mass is 16.5. The van der Waals surface area contributed by atoms with Gasteiger partial charge in [0.15, 0.2) is 0 Å². The van der Waals surface area contributed by atoms with Crippen molar-refractivity contribution in [1.29, 1.82) is 0 Å². The molecule has 1 N–H and O–H groups in total. The topological polar surface area (TPSA) is 29.5 Å². The lowest BCUT2D eigenvalue weighted by Gasteiger charge is -2.30. The number of hydrogen-bond acceptors (Lipinski definition) is 2. The van der Waals surface area contributed by atoms with Crippen molar-refractivity contribution in [3.63, 3.8) is 0 Å². The molecule has 1 rings (SSSR count). The zero-order valence-electron chi connectivity index (χ0n) is 10.9. The van der Waals surface area contributed by atoms with Crippen molar-refractivity contribution in [2.75, 3.05) is 7.11 Å². The Hall–Kier alpha value is -0.600. The molecule has 3 unspecified atom stereocenters. The van der Waals surface area contributed by atoms with E-state index in [4.69, 9.17) is 4.74 Å². The van der Waals surface area contributed by atoms with Gasteiger partial charge in [0, 0.05) is 13.0 Å². The minimum atomic E-state index is -0.308. The summed E-state index contributed by atoms with van der Waals surface area (Å²) >= 11 is 0. The third-order valence-corrected chi connectivity index (χ3v) is 3.44. The van der Waals surface area contributed by atoms with E-state index < -0.39 is 0 Å². The molecule has 0 amide bonds. The Labute approximate surface area is 99.0 Å². The van der Waals surface area contributed by atoms with E-state index in [1.807, 2.05) is 0 Å². The van der Waals surface area contributed by atoms with Gasteiger partial charge in [-0.2, -0.15) is 0 Å². The predicted molar refractivity (Wildman–Crippen MR) is 67.3 cm³/mol. The number of aliphatic hydroxyl groups excluding tert-OH is 1. The molecule has 2 heteroatoms. The molecule has 2 nitrogen and oxygen atoms in total. The fourth-order valence-electron chi connectivity index (χ4n) is 2.44. The summed E-state index contributed by atoms with van der Waals surface area (Å²) in [5.74, 6) is 0.279. The molecule has 0 aliphatic heterocycles. The van der Waals surface area contributed by atoms with Crippen molar-refractivity contribution >= 4 is 0 Å². The van der Waals surface area contributed by atoms with Crippen LogP contribution in [0.25, 0.3) is 0 Å². The van der Waals surface area contributed by atoms with Crippen molar-refractivity contribution in [3.8, 4) is 0 Å². The number of aliphatic hydroxyl groups is 1. The fraction of sp³-hybridized carbons (Fsp3) is 0.714. The van der Waals surface area contributed by atoms with Gasteiger partial charge >= 0.3 is 0 Å². The fourth-order valence-corrected chi connectivity index (χ4v) is 2.44. The monoisotopic (exact) mass is 224 g/mol. The van der Waals surface area contributed by atoms with Gasteiger partial charge in [-0.25, -0.2) is 0 Å². The number of methoxy groups -OCH3 is 1. The predicted octanol–water partition coefficient (Wildman–Crippen LogP) is 3.07. The van der Waals surface area contributed by atoms with Crippen LogP contribution < -0.4 is 0 Å². The van der Waals surface area contributed by atoms with Gasteiger partial charge in [0.05, 0.1) is 12.2 Å². The molecule has 3 atom stereocenters. The van der Waals surface area contributed by atoms with E-state index in [2.05, 4.69) is 32.9 Å². The average molecular weight is 224 g/mol. The summed E-state index contributed by atoms with van der Waals surface area (Å²) in [5, 5.41) is 10.2. The maximum atomic E-state index is 10.2. The molecule has 0 bridgehead atoms. The van der Waals surface area contributed by atoms with Gasteiger partial charge in [-0.15, -0.1) is 0 Å². The lowest BCUT2D eigenvalue weighted by molar-refractivity contribution is 0.0898. The molecule has 0 saturated heterocycles. The first kappa shape index (κ1) is 13.5. The van der Waals surface area contributed by atoms with Crippen LogP contribution in [-0.4, -0.2) is 24.4 Å². The van der Waals surface area contributed by atoms with Gasteiger partial charge in [-0.3, -0.25) is 0 Å². The first-order chi connectivity index (χ1) is 7.61. The molecule has 1 aliphatic rings. The van der Waals surface area contributed by atoms with Crippen LogP contribution in [0.3, 0.4) is 0 Å². The van der Waals surface area contributed by atoms with Gasteiger partial charge in [0.2, 0.25) is 0 Å². The summed E-state index contributed by atoms with van der Waals surface area (Å²) in [4.78, 5) is 0. The smallest absolute Gasteiger partial charge is 0.0818 e. The van der Waals surface area contributed by atoms with E-state index >= 15 is 0 Å². The first-order valence-corrected chi connectivity index (χ1v) is 6.21. The zero-order chi connectivity index (χ0) is 12.1. The third-order valence-electron chi connectivity index (χ3n) is 3.44. The molecule has 0 radical (unpaired) electrons. The standard InChI is InChI=1S/C14H24O2/c1-5-6-7-12(15)14-10(2)8-9-13(16-4)11(14)3/h8-9,11-13,15H,5-7H2,1-4H3. The molecule has 1 aliphatic carbocycles. The van der Waals surface area contributed by atoms with Gasteiger partial charge < -0.3 is 9.84 Å². The zero-order valence-corrected chi connectivity index (χ0v) is 10.9. The van der Waals surface area contributed by atoms with E-state index in [0.717, 1.165) is 24.8 Å². The first-order valence-electron chi connectivity index (χ1n) is 6.21. The number of allylic oxidation sites excluding steroid dienone is 2. The second-order valence-electron chi connectivity index (χ2n) is 4.64. The summed E-state index contributed by atoms with van der Waals surface area (Å²) in [6, 6.07) is 0. The highest BCUT2D eigenvalue weighted by Gasteiger charge is 2.27. The molecule has 0 aromatic carbocycles. The van der Waals surface area contributed by atoms with Crippen LogP contribution in [0.4, 0.5) is 0 Å². The Morgan fingerprint density at radius 2 is 2.19 bits per heavy atom. The Bertz CT molecular complexity index is 278. The lowest BCUT2D eigenvalue weighted by atomic mass is 9.82. The lowest BCUT2D eigenvalue weighted by Crippen LogP contribution is -2.29. The van der Waals surface area contributed by atoms with Crippen molar-refractivity contribution in [3.05, 3.63) is 23.3 Å². The van der Waals surface area contributed by atoms with E-state index in [1.54, 1.807) is 7.11 Å². The molecule has 92 valence electrons. The Balaban J connectivity index is 2.78. The largest absolute Gasteiger partial charge is 0.389 e. The average Bonchev–Trinajstić information content (AvgIpc) is 2.26. The Kier molecular flexibility index (Phi) is 5.23. The summed E-state index contributed by atoms with van der Waals surface area (Å²) in [5.41, 5.74) is 2.35. The van der Waals surface area contributed by atoms with Gasteiger partial charge in [0.1, 0.15) is 0 Å². The highest BCUT2D eigenvalue weighted by molar-refractivity contribution is 5.34. The van der Waals surface area contributed by atoms with Crippen LogP contribution in [0, 0.1) is 5.92 Å². The van der Waals surface area contributed by atoms with Gasteiger partial charge in [-0.1, -0.05) is 38.8 Å². The maximum absolute atomic E-state index is 10.2. The van der Waals surface area contributed by atoms with E-state index in [0.29, 0.717) is 0 Å². The molecule has 0 heterocycles. The molecule has 0 spiro atoms. The van der Waals surface area contributed by atoms with Crippen molar-refractivity contribution in [2.24, 2.45) is 5.92 Å². The summed E-state index contributed by atoms with van der Waals surface area (Å²) in [7, 11) is 1.72. The highest BCUT2D eigenvalue weighted by Crippen LogP contribution is 2.31. The number of unbranched alkanes of at least 4 members (excludes halogenated alkanes) is 1. The second-order valence-corrected chi connectivity index (χ2v) is 4.64. The number of ether oxygens (including phenoxy) is 1. The third kappa shape index (κ3) is 2.96. The summed E-state index contributed by atoms with van der Waals surface area (Å²) in [6.45, 7) is 6.35. The Morgan fingerprint density at radius 1 is 1.50 bits per heavy atom. The SMILES string of the molecule is CCCCC(O)C1=C(C)C=CC(OC)C1C. The molecule has 0 fully saturated rings. The van der Waals surface area contributed by atoms with Crippen LogP contribution in [0.1, 0.15) is 40.0 Å². The number of rotatable bonds is 5. The van der Waals surface area contributed by atoms with E-state index in [1.165, 1.54) is 5.57 Å². The van der Waals surface area contributed by atoms with Crippen LogP contribution in [0.2, 0.25) is 0 Å². The summed E-state index contributed by atoms with van der Waals surface area (Å²) in [6.07, 6.45) is 7.01. The maximum Gasteiger partial charge on any atom is 0.0818 e. The van der Waals surface area contributed by atoms with Crippen molar-refractivity contribution < 1.29 is 9.84 Å². The molecule has 0 saturated carbocycles. The van der Waals surface area contributed by atoms with E-state index in [9.17, 15) is 5.11 Å². The minimum absolute atomic E-state index is 0.106. The second kappa shape index (κ2) is 6.21. The normalized spacial score (nSPS) is 27.3. The molecule has 16 heavy (non-hydrogen) atoms. The Morgan fingerprint density at radius 3 is 2.75 bits per heavy atom. The van der Waals surface area contributed by atoms with Crippen LogP contribution >= 0.6 is 0 Å². The molecular formula is C14H24O2. The van der Waals surface area contributed by atoms with Crippen LogP contribution in [0.15, 0.2) is 23.3 Å². The van der Waals surface area contributed by atoms with Gasteiger partial charge in [-0.05, 0) is 24.5 Å². The van der Waals surface area contributed by atoms with Crippen LogP contribution in [0.5, 0.6) is 0 Å².